The lowest BCUT2D eigenvalue weighted by molar-refractivity contribution is -0.135. The van der Waals surface area contributed by atoms with Gasteiger partial charge in [-0.05, 0) is 30.9 Å². The van der Waals surface area contributed by atoms with Gasteiger partial charge in [0, 0.05) is 29.1 Å². The van der Waals surface area contributed by atoms with Crippen molar-refractivity contribution in [2.24, 2.45) is 0 Å². The molecule has 2 aliphatic rings. The largest absolute Gasteiger partial charge is 0.338 e. The number of carbonyl (C=O) groups is 1. The standard InChI is InChI=1S/C15H18ClNOS/c16-9-11-5-3-4-8-17(11)15(18)13-10-19-14-7-2-1-6-12(13)14/h1-2,6-7,11,13H,3-5,8-10H2. The van der Waals surface area contributed by atoms with E-state index in [0.717, 1.165) is 25.1 Å². The van der Waals surface area contributed by atoms with Crippen molar-refractivity contribution in [2.75, 3.05) is 18.2 Å². The van der Waals surface area contributed by atoms with Gasteiger partial charge in [-0.15, -0.1) is 23.4 Å². The summed E-state index contributed by atoms with van der Waals surface area (Å²) in [5.41, 5.74) is 1.20. The summed E-state index contributed by atoms with van der Waals surface area (Å²) in [5, 5.41) is 0. The number of likely N-dealkylation sites (tertiary alicyclic amines) is 1. The van der Waals surface area contributed by atoms with E-state index in [0.29, 0.717) is 5.88 Å². The van der Waals surface area contributed by atoms with E-state index in [9.17, 15) is 4.79 Å². The van der Waals surface area contributed by atoms with Gasteiger partial charge in [-0.1, -0.05) is 18.2 Å². The molecule has 0 aromatic heterocycles. The van der Waals surface area contributed by atoms with E-state index >= 15 is 0 Å². The smallest absolute Gasteiger partial charge is 0.231 e. The molecule has 1 aromatic rings. The molecule has 2 heterocycles. The van der Waals surface area contributed by atoms with E-state index in [2.05, 4.69) is 12.1 Å². The molecule has 4 heteroatoms. The summed E-state index contributed by atoms with van der Waals surface area (Å²) >= 11 is 7.82. The minimum absolute atomic E-state index is 0.0324. The van der Waals surface area contributed by atoms with Crippen molar-refractivity contribution in [1.29, 1.82) is 0 Å². The van der Waals surface area contributed by atoms with Gasteiger partial charge in [0.05, 0.1) is 5.92 Å². The fraction of sp³-hybridized carbons (Fsp3) is 0.533. The Balaban J connectivity index is 1.81. The molecule has 0 saturated carbocycles. The lowest BCUT2D eigenvalue weighted by Crippen LogP contribution is -2.46. The fourth-order valence-corrected chi connectivity index (χ4v) is 4.56. The molecular formula is C15H18ClNOS. The topological polar surface area (TPSA) is 20.3 Å². The minimum atomic E-state index is 0.0324. The summed E-state index contributed by atoms with van der Waals surface area (Å²) in [5.74, 6) is 1.75. The molecule has 1 fully saturated rings. The van der Waals surface area contributed by atoms with Crippen molar-refractivity contribution in [3.63, 3.8) is 0 Å². The molecular weight excluding hydrogens is 278 g/mol. The van der Waals surface area contributed by atoms with E-state index in [1.807, 2.05) is 17.0 Å². The highest BCUT2D eigenvalue weighted by molar-refractivity contribution is 7.99. The second-order valence-corrected chi connectivity index (χ2v) is 6.61. The Kier molecular flexibility index (Phi) is 4.04. The highest BCUT2D eigenvalue weighted by Crippen LogP contribution is 2.40. The van der Waals surface area contributed by atoms with E-state index in [1.54, 1.807) is 11.8 Å². The van der Waals surface area contributed by atoms with Gasteiger partial charge >= 0.3 is 0 Å². The molecule has 0 spiro atoms. The molecule has 102 valence electrons. The second kappa shape index (κ2) is 5.76. The van der Waals surface area contributed by atoms with Gasteiger partial charge in [0.2, 0.25) is 5.91 Å². The Morgan fingerprint density at radius 1 is 1.37 bits per heavy atom. The molecule has 3 rings (SSSR count). The van der Waals surface area contributed by atoms with Crippen molar-refractivity contribution < 1.29 is 4.79 Å². The maximum absolute atomic E-state index is 12.8. The van der Waals surface area contributed by atoms with Crippen LogP contribution in [0.25, 0.3) is 0 Å². The van der Waals surface area contributed by atoms with Gasteiger partial charge in [-0.3, -0.25) is 4.79 Å². The number of halogens is 1. The quantitative estimate of drug-likeness (QED) is 0.779. The highest BCUT2D eigenvalue weighted by atomic mass is 35.5. The average molecular weight is 296 g/mol. The number of fused-ring (bicyclic) bond motifs is 1. The third-order valence-electron chi connectivity index (χ3n) is 4.09. The van der Waals surface area contributed by atoms with Crippen LogP contribution in [0.15, 0.2) is 29.2 Å². The Morgan fingerprint density at radius 2 is 2.21 bits per heavy atom. The number of rotatable bonds is 2. The predicted octanol–water partition coefficient (Wildman–Crippen LogP) is 3.50. The summed E-state index contributed by atoms with van der Waals surface area (Å²) in [6.45, 7) is 0.875. The number of benzene rings is 1. The zero-order valence-electron chi connectivity index (χ0n) is 10.8. The number of thioether (sulfide) groups is 1. The first-order valence-corrected chi connectivity index (χ1v) is 8.41. The lowest BCUT2D eigenvalue weighted by atomic mass is 9.96. The third kappa shape index (κ3) is 2.50. The number of alkyl halides is 1. The number of hydrogen-bond donors (Lipinski definition) is 0. The molecule has 2 nitrogen and oxygen atoms in total. The monoisotopic (exact) mass is 295 g/mol. The Labute approximate surface area is 123 Å². The molecule has 0 bridgehead atoms. The predicted molar refractivity (Wildman–Crippen MR) is 80.0 cm³/mol. The summed E-state index contributed by atoms with van der Waals surface area (Å²) in [7, 11) is 0. The normalized spacial score (nSPS) is 26.3. The van der Waals surface area contributed by atoms with Gasteiger partial charge in [-0.2, -0.15) is 0 Å². The van der Waals surface area contributed by atoms with Crippen LogP contribution in [-0.2, 0) is 4.79 Å². The number of piperidine rings is 1. The summed E-state index contributed by atoms with van der Waals surface area (Å²) < 4.78 is 0. The van der Waals surface area contributed by atoms with Crippen LogP contribution in [0.3, 0.4) is 0 Å². The maximum atomic E-state index is 12.8. The van der Waals surface area contributed by atoms with Gasteiger partial charge in [0.1, 0.15) is 0 Å². The van der Waals surface area contributed by atoms with Crippen molar-refractivity contribution >= 4 is 29.3 Å². The molecule has 0 radical (unpaired) electrons. The van der Waals surface area contributed by atoms with Gasteiger partial charge in [0.25, 0.3) is 0 Å². The lowest BCUT2D eigenvalue weighted by Gasteiger charge is -2.36. The van der Waals surface area contributed by atoms with Crippen LogP contribution in [0.5, 0.6) is 0 Å². The Bertz CT molecular complexity index is 479. The number of carbonyl (C=O) groups excluding carboxylic acids is 1. The first kappa shape index (κ1) is 13.3. The molecule has 2 aliphatic heterocycles. The molecule has 1 amide bonds. The Morgan fingerprint density at radius 3 is 3.05 bits per heavy atom. The molecule has 1 saturated heterocycles. The van der Waals surface area contributed by atoms with E-state index in [4.69, 9.17) is 11.6 Å². The van der Waals surface area contributed by atoms with Crippen LogP contribution in [0.1, 0.15) is 30.7 Å². The molecule has 2 atom stereocenters. The van der Waals surface area contributed by atoms with Crippen LogP contribution < -0.4 is 0 Å². The highest BCUT2D eigenvalue weighted by Gasteiger charge is 2.35. The van der Waals surface area contributed by atoms with Crippen molar-refractivity contribution in [3.05, 3.63) is 29.8 Å². The summed E-state index contributed by atoms with van der Waals surface area (Å²) in [6.07, 6.45) is 3.36. The first-order chi connectivity index (χ1) is 9.31. The van der Waals surface area contributed by atoms with Crippen LogP contribution in [0, 0.1) is 0 Å². The van der Waals surface area contributed by atoms with Crippen LogP contribution >= 0.6 is 23.4 Å². The number of hydrogen-bond acceptors (Lipinski definition) is 2. The Hall–Kier alpha value is -0.670. The summed E-state index contributed by atoms with van der Waals surface area (Å²) in [4.78, 5) is 16.1. The maximum Gasteiger partial charge on any atom is 0.231 e. The van der Waals surface area contributed by atoms with E-state index in [1.165, 1.54) is 16.9 Å². The van der Waals surface area contributed by atoms with Crippen molar-refractivity contribution in [3.8, 4) is 0 Å². The van der Waals surface area contributed by atoms with Crippen LogP contribution in [0.2, 0.25) is 0 Å². The minimum Gasteiger partial charge on any atom is -0.338 e. The van der Waals surface area contributed by atoms with Crippen molar-refractivity contribution in [2.45, 2.75) is 36.1 Å². The van der Waals surface area contributed by atoms with Gasteiger partial charge in [-0.25, -0.2) is 0 Å². The summed E-state index contributed by atoms with van der Waals surface area (Å²) in [6, 6.07) is 8.52. The molecule has 1 aromatic carbocycles. The average Bonchev–Trinajstić information content (AvgIpc) is 2.90. The van der Waals surface area contributed by atoms with Crippen LogP contribution in [0.4, 0.5) is 0 Å². The number of nitrogens with zero attached hydrogens (tertiary/aromatic N) is 1. The van der Waals surface area contributed by atoms with E-state index in [-0.39, 0.29) is 17.9 Å². The first-order valence-electron chi connectivity index (χ1n) is 6.89. The zero-order chi connectivity index (χ0) is 13.2. The molecule has 0 aliphatic carbocycles. The molecule has 2 unspecified atom stereocenters. The molecule has 0 N–H and O–H groups in total. The van der Waals surface area contributed by atoms with Gasteiger partial charge in [0.15, 0.2) is 0 Å². The second-order valence-electron chi connectivity index (χ2n) is 5.24. The van der Waals surface area contributed by atoms with Crippen LogP contribution in [-0.4, -0.2) is 35.0 Å². The van der Waals surface area contributed by atoms with Gasteiger partial charge < -0.3 is 4.90 Å². The number of amides is 1. The third-order valence-corrected chi connectivity index (χ3v) is 5.63. The molecule has 19 heavy (non-hydrogen) atoms. The van der Waals surface area contributed by atoms with E-state index < -0.39 is 0 Å². The zero-order valence-corrected chi connectivity index (χ0v) is 12.4. The SMILES string of the molecule is O=C(C1CSc2ccccc21)N1CCCCC1CCl. The van der Waals surface area contributed by atoms with Crippen molar-refractivity contribution in [1.82, 2.24) is 4.90 Å². The fourth-order valence-electron chi connectivity index (χ4n) is 3.02.